The number of fused-ring (bicyclic) bond motifs is 2. The summed E-state index contributed by atoms with van der Waals surface area (Å²) in [5, 5.41) is 0. The molecule has 2 aromatic heterocycles. The number of aromatic nitrogens is 3. The highest BCUT2D eigenvalue weighted by Gasteiger charge is 2.49. The Kier molecular flexibility index (Phi) is 6.41. The monoisotopic (exact) mass is 607 g/mol. The highest BCUT2D eigenvalue weighted by atomic mass is 127. The van der Waals surface area contributed by atoms with Crippen LogP contribution in [0.4, 0.5) is 5.95 Å². The predicted octanol–water partition coefficient (Wildman–Crippen LogP) is 4.06. The summed E-state index contributed by atoms with van der Waals surface area (Å²) in [6, 6.07) is 8.56. The van der Waals surface area contributed by atoms with Gasteiger partial charge in [0, 0.05) is 25.5 Å². The minimum Gasteiger partial charge on any atom is -0.464 e. The number of carbonyl (C=O) groups excluding carboxylic acids is 1. The van der Waals surface area contributed by atoms with Crippen LogP contribution in [-0.4, -0.2) is 49.5 Å². The maximum absolute atomic E-state index is 13.1. The van der Waals surface area contributed by atoms with E-state index in [0.717, 1.165) is 32.4 Å². The Bertz CT molecular complexity index is 1310. The number of hydrogen-bond donors (Lipinski definition) is 1. The Balaban J connectivity index is 1.46. The first-order valence-electron chi connectivity index (χ1n) is 11.8. The third kappa shape index (κ3) is 4.27. The number of piperidine rings is 1. The summed E-state index contributed by atoms with van der Waals surface area (Å²) >= 11 is 2.11. The van der Waals surface area contributed by atoms with Gasteiger partial charge in [-0.05, 0) is 79.2 Å². The van der Waals surface area contributed by atoms with E-state index in [1.165, 1.54) is 18.2 Å². The normalized spacial score (nSPS) is 20.3. The van der Waals surface area contributed by atoms with Gasteiger partial charge in [0.15, 0.2) is 11.3 Å². The molecular weight excluding hydrogens is 577 g/mol. The van der Waals surface area contributed by atoms with Gasteiger partial charge in [0.25, 0.3) is 0 Å². The van der Waals surface area contributed by atoms with Crippen LogP contribution in [0, 0.1) is 8.99 Å². The smallest absolute Gasteiger partial charge is 0.358 e. The molecule has 1 saturated heterocycles. The van der Waals surface area contributed by atoms with Gasteiger partial charge in [-0.25, -0.2) is 23.7 Å². The molecule has 1 spiro atoms. The summed E-state index contributed by atoms with van der Waals surface area (Å²) in [5.41, 5.74) is 3.56. The molecule has 1 aromatic carbocycles. The second-order valence-corrected chi connectivity index (χ2v) is 13.4. The lowest BCUT2D eigenvalue weighted by atomic mass is 9.73. The number of nitrogens with zero attached hydrogens (tertiary/aromatic N) is 4. The fourth-order valence-corrected chi connectivity index (χ4v) is 6.95. The Labute approximate surface area is 221 Å². The lowest BCUT2D eigenvalue weighted by molar-refractivity contribution is 0.0592. The number of hydrogen-bond acceptors (Lipinski definition) is 6. The number of carbonyl (C=O) groups is 1. The van der Waals surface area contributed by atoms with E-state index in [1.807, 2.05) is 31.4 Å². The van der Waals surface area contributed by atoms with Crippen molar-refractivity contribution in [1.82, 2.24) is 19.1 Å². The van der Waals surface area contributed by atoms with Gasteiger partial charge in [-0.3, -0.25) is 4.40 Å². The summed E-state index contributed by atoms with van der Waals surface area (Å²) in [6.45, 7) is 7.56. The molecule has 10 heteroatoms. The molecule has 35 heavy (non-hydrogen) atoms. The number of rotatable bonds is 4. The molecule has 0 radical (unpaired) electrons. The number of anilines is 1. The van der Waals surface area contributed by atoms with Crippen molar-refractivity contribution < 1.29 is 13.7 Å². The largest absolute Gasteiger partial charge is 0.464 e. The van der Waals surface area contributed by atoms with Crippen LogP contribution in [0.15, 0.2) is 36.7 Å². The molecule has 2 aliphatic rings. The van der Waals surface area contributed by atoms with Gasteiger partial charge in [-0.2, -0.15) is 0 Å². The summed E-state index contributed by atoms with van der Waals surface area (Å²) < 4.78 is 23.9. The van der Waals surface area contributed by atoms with Crippen molar-refractivity contribution >= 4 is 51.1 Å². The van der Waals surface area contributed by atoms with Crippen LogP contribution in [0.5, 0.6) is 0 Å². The average molecular weight is 608 g/mol. The van der Waals surface area contributed by atoms with Gasteiger partial charge in [-0.1, -0.05) is 24.3 Å². The first kappa shape index (κ1) is 24.6. The van der Waals surface area contributed by atoms with Crippen molar-refractivity contribution in [2.45, 2.75) is 50.8 Å². The van der Waals surface area contributed by atoms with Gasteiger partial charge in [0.05, 0.1) is 32.5 Å². The zero-order valence-corrected chi connectivity index (χ0v) is 23.4. The van der Waals surface area contributed by atoms with E-state index in [4.69, 9.17) is 9.72 Å². The van der Waals surface area contributed by atoms with Crippen LogP contribution in [0.25, 0.3) is 5.65 Å². The lowest BCUT2D eigenvalue weighted by Crippen LogP contribution is -2.48. The van der Waals surface area contributed by atoms with Crippen molar-refractivity contribution in [2.24, 2.45) is 5.41 Å². The van der Waals surface area contributed by atoms with E-state index < -0.39 is 17.0 Å². The van der Waals surface area contributed by atoms with Crippen LogP contribution in [0.2, 0.25) is 0 Å². The summed E-state index contributed by atoms with van der Waals surface area (Å²) in [4.78, 5) is 23.8. The van der Waals surface area contributed by atoms with E-state index in [0.29, 0.717) is 15.2 Å². The molecule has 0 unspecified atom stereocenters. The highest BCUT2D eigenvalue weighted by Crippen LogP contribution is 2.52. The topological polar surface area (TPSA) is 88.8 Å². The molecule has 2 atom stereocenters. The number of nitrogens with one attached hydrogen (secondary N) is 1. The van der Waals surface area contributed by atoms with E-state index in [9.17, 15) is 9.00 Å². The van der Waals surface area contributed by atoms with E-state index in [2.05, 4.69) is 61.5 Å². The molecule has 0 saturated carbocycles. The van der Waals surface area contributed by atoms with Crippen molar-refractivity contribution in [2.75, 3.05) is 25.1 Å². The van der Waals surface area contributed by atoms with Gasteiger partial charge in [-0.15, -0.1) is 0 Å². The van der Waals surface area contributed by atoms with Crippen molar-refractivity contribution in [1.29, 1.82) is 0 Å². The number of imidazole rings is 1. The van der Waals surface area contributed by atoms with Crippen LogP contribution in [-0.2, 0) is 22.1 Å². The van der Waals surface area contributed by atoms with Crippen molar-refractivity contribution in [3.8, 4) is 0 Å². The molecule has 1 aliphatic carbocycles. The SMILES string of the molecule is COC(=O)c1nc(N2CCC3(CC2)Cc2ccccc2[C@H]3N[S@](=O)C(C)(C)C)n2ccnc2c1I. The fraction of sp³-hybridized carbons (Fsp3) is 0.480. The van der Waals surface area contributed by atoms with Crippen LogP contribution in [0.1, 0.15) is 61.3 Å². The molecular formula is C25H30IN5O3S. The molecule has 8 nitrogen and oxygen atoms in total. The second kappa shape index (κ2) is 9.11. The van der Waals surface area contributed by atoms with E-state index >= 15 is 0 Å². The predicted molar refractivity (Wildman–Crippen MR) is 145 cm³/mol. The molecule has 3 aromatic rings. The standard InChI is InChI=1S/C25H30IN5O3S/c1-24(2,3)35(33)29-20-17-8-6-5-7-16(17)15-25(20)9-12-30(13-10-25)23-28-19(22(32)34-4)18(26)21-27-11-14-31(21)23/h5-8,11,14,20,29H,9-10,12-13,15H2,1-4H3/t20-,35-/m1/s1. The van der Waals surface area contributed by atoms with Gasteiger partial charge < -0.3 is 9.64 Å². The van der Waals surface area contributed by atoms with Crippen molar-refractivity contribution in [3.05, 3.63) is 57.1 Å². The lowest BCUT2D eigenvalue weighted by Gasteiger charge is -2.44. The summed E-state index contributed by atoms with van der Waals surface area (Å²) in [5.74, 6) is 0.237. The fourth-order valence-electron chi connectivity index (χ4n) is 5.27. The maximum atomic E-state index is 13.1. The number of esters is 1. The molecule has 1 fully saturated rings. The molecule has 186 valence electrons. The third-order valence-electron chi connectivity index (χ3n) is 7.20. The maximum Gasteiger partial charge on any atom is 0.358 e. The first-order valence-corrected chi connectivity index (χ1v) is 14.0. The third-order valence-corrected chi connectivity index (χ3v) is 9.75. The second-order valence-electron chi connectivity index (χ2n) is 10.3. The molecule has 0 amide bonds. The zero-order chi connectivity index (χ0) is 25.0. The quantitative estimate of drug-likeness (QED) is 0.356. The van der Waals surface area contributed by atoms with Crippen LogP contribution < -0.4 is 9.62 Å². The molecule has 5 rings (SSSR count). The van der Waals surface area contributed by atoms with E-state index in [-0.39, 0.29) is 21.9 Å². The van der Waals surface area contributed by atoms with Gasteiger partial charge in [0.2, 0.25) is 5.95 Å². The van der Waals surface area contributed by atoms with Crippen molar-refractivity contribution in [3.63, 3.8) is 0 Å². The molecule has 3 heterocycles. The molecule has 1 N–H and O–H groups in total. The number of methoxy groups -OCH3 is 1. The van der Waals surface area contributed by atoms with Crippen LogP contribution >= 0.6 is 22.6 Å². The highest BCUT2D eigenvalue weighted by molar-refractivity contribution is 14.1. The minimum absolute atomic E-state index is 0.0243. The Morgan fingerprint density at radius 1 is 1.26 bits per heavy atom. The molecule has 0 bridgehead atoms. The molecule has 1 aliphatic heterocycles. The Morgan fingerprint density at radius 2 is 1.97 bits per heavy atom. The number of halogens is 1. The van der Waals surface area contributed by atoms with Crippen LogP contribution in [0.3, 0.4) is 0 Å². The zero-order valence-electron chi connectivity index (χ0n) is 20.4. The Hall–Kier alpha value is -2.05. The number of benzene rings is 1. The van der Waals surface area contributed by atoms with Gasteiger partial charge in [0.1, 0.15) is 0 Å². The Morgan fingerprint density at radius 3 is 2.66 bits per heavy atom. The first-order chi connectivity index (χ1) is 16.6. The van der Waals surface area contributed by atoms with Gasteiger partial charge >= 0.3 is 5.97 Å². The average Bonchev–Trinajstić information content (AvgIpc) is 3.43. The summed E-state index contributed by atoms with van der Waals surface area (Å²) in [6.07, 6.45) is 6.40. The number of ether oxygens (including phenoxy) is 1. The minimum atomic E-state index is -1.17. The summed E-state index contributed by atoms with van der Waals surface area (Å²) in [7, 11) is 0.195. The van der Waals surface area contributed by atoms with E-state index in [1.54, 1.807) is 6.20 Å².